The largest absolute Gasteiger partial charge is 0.493 e. The summed E-state index contributed by atoms with van der Waals surface area (Å²) in [5.74, 6) is 2.13. The molecule has 0 saturated heterocycles. The summed E-state index contributed by atoms with van der Waals surface area (Å²) in [6.45, 7) is 10.5. The van der Waals surface area contributed by atoms with Gasteiger partial charge in [0.1, 0.15) is 5.75 Å². The Morgan fingerprint density at radius 2 is 1.68 bits per heavy atom. The van der Waals surface area contributed by atoms with Crippen molar-refractivity contribution < 1.29 is 13.2 Å². The molecular formula is C24H35N3O3S. The minimum absolute atomic E-state index is 0.0889. The molecule has 0 aromatic heterocycles. The van der Waals surface area contributed by atoms with Crippen molar-refractivity contribution in [1.29, 1.82) is 0 Å². The van der Waals surface area contributed by atoms with Gasteiger partial charge in [-0.2, -0.15) is 0 Å². The smallest absolute Gasteiger partial charge is 0.191 e. The van der Waals surface area contributed by atoms with Gasteiger partial charge in [-0.15, -0.1) is 0 Å². The first-order valence-corrected chi connectivity index (χ1v) is 12.6. The van der Waals surface area contributed by atoms with Crippen molar-refractivity contribution in [1.82, 2.24) is 10.6 Å². The number of nitrogens with one attached hydrogen (secondary N) is 2. The monoisotopic (exact) mass is 445 g/mol. The normalized spacial score (nSPS) is 13.2. The lowest BCUT2D eigenvalue weighted by molar-refractivity contribution is 0.271. The molecule has 0 saturated carbocycles. The predicted molar refractivity (Wildman–Crippen MR) is 128 cm³/mol. The molecule has 0 aliphatic carbocycles. The molecule has 1 atom stereocenters. The van der Waals surface area contributed by atoms with Crippen LogP contribution in [0.3, 0.4) is 0 Å². The number of sulfone groups is 1. The third-order valence-corrected chi connectivity index (χ3v) is 5.81. The Balaban J connectivity index is 1.94. The number of nitrogens with zero attached hydrogens (tertiary/aromatic N) is 1. The summed E-state index contributed by atoms with van der Waals surface area (Å²) in [5.41, 5.74) is 2.20. The van der Waals surface area contributed by atoms with Gasteiger partial charge in [0.25, 0.3) is 0 Å². The molecule has 0 aliphatic rings. The zero-order valence-electron chi connectivity index (χ0n) is 19.2. The third-order valence-electron chi connectivity index (χ3n) is 4.68. The minimum Gasteiger partial charge on any atom is -0.493 e. The zero-order chi connectivity index (χ0) is 22.9. The lowest BCUT2D eigenvalue weighted by Gasteiger charge is -2.19. The number of aliphatic imine (C=N–C) groups is 1. The second-order valence-corrected chi connectivity index (χ2v) is 10.1. The Bertz CT molecular complexity index is 937. The van der Waals surface area contributed by atoms with E-state index < -0.39 is 9.84 Å². The van der Waals surface area contributed by atoms with Crippen molar-refractivity contribution in [3.8, 4) is 5.75 Å². The van der Waals surface area contributed by atoms with E-state index in [0.717, 1.165) is 35.8 Å². The molecule has 0 heterocycles. The lowest BCUT2D eigenvalue weighted by atomic mass is 10.1. The van der Waals surface area contributed by atoms with Gasteiger partial charge in [-0.25, -0.2) is 8.42 Å². The van der Waals surface area contributed by atoms with Crippen LogP contribution in [0.4, 0.5) is 0 Å². The Labute approximate surface area is 187 Å². The van der Waals surface area contributed by atoms with Gasteiger partial charge in [-0.1, -0.05) is 38.1 Å². The highest BCUT2D eigenvalue weighted by Crippen LogP contribution is 2.18. The Morgan fingerprint density at radius 3 is 2.23 bits per heavy atom. The van der Waals surface area contributed by atoms with Crippen LogP contribution in [0.15, 0.2) is 58.4 Å². The fraction of sp³-hybridized carbons (Fsp3) is 0.458. The molecule has 6 nitrogen and oxygen atoms in total. The Hall–Kier alpha value is -2.54. The molecule has 7 heteroatoms. The quantitative estimate of drug-likeness (QED) is 0.427. The molecule has 1 unspecified atom stereocenters. The highest BCUT2D eigenvalue weighted by molar-refractivity contribution is 7.90. The van der Waals surface area contributed by atoms with Crippen molar-refractivity contribution >= 4 is 15.8 Å². The summed E-state index contributed by atoms with van der Waals surface area (Å²) in [7, 11) is -3.17. The molecule has 0 spiro atoms. The van der Waals surface area contributed by atoms with Crippen LogP contribution in [-0.4, -0.2) is 40.3 Å². The summed E-state index contributed by atoms with van der Waals surface area (Å²) >= 11 is 0. The highest BCUT2D eigenvalue weighted by Gasteiger charge is 2.09. The van der Waals surface area contributed by atoms with E-state index in [-0.39, 0.29) is 6.04 Å². The number of guanidine groups is 1. The minimum atomic E-state index is -3.17. The average molecular weight is 446 g/mol. The van der Waals surface area contributed by atoms with Crippen LogP contribution in [-0.2, 0) is 16.3 Å². The Kier molecular flexibility index (Phi) is 9.37. The van der Waals surface area contributed by atoms with Crippen molar-refractivity contribution in [2.24, 2.45) is 10.9 Å². The molecule has 2 aromatic carbocycles. The molecule has 0 bridgehead atoms. The van der Waals surface area contributed by atoms with E-state index in [1.165, 1.54) is 6.26 Å². The highest BCUT2D eigenvalue weighted by atomic mass is 32.2. The van der Waals surface area contributed by atoms with Crippen molar-refractivity contribution in [2.75, 3.05) is 26.0 Å². The predicted octanol–water partition coefficient (Wildman–Crippen LogP) is 3.98. The maximum absolute atomic E-state index is 11.6. The molecule has 2 aromatic rings. The molecule has 0 amide bonds. The van der Waals surface area contributed by atoms with E-state index >= 15 is 0 Å². The SMILES string of the molecule is CCNC(=NCCc1ccc(S(C)(=O)=O)cc1)NC(C)c1ccc(OCC(C)C)cc1. The second kappa shape index (κ2) is 11.7. The van der Waals surface area contributed by atoms with Crippen molar-refractivity contribution in [3.63, 3.8) is 0 Å². The van der Waals surface area contributed by atoms with Crippen LogP contribution in [0.1, 0.15) is 44.9 Å². The fourth-order valence-corrected chi connectivity index (χ4v) is 3.55. The summed E-state index contributed by atoms with van der Waals surface area (Å²) in [5, 5.41) is 6.72. The van der Waals surface area contributed by atoms with Gasteiger partial charge < -0.3 is 15.4 Å². The van der Waals surface area contributed by atoms with Gasteiger partial charge in [0.15, 0.2) is 15.8 Å². The first kappa shape index (κ1) is 24.7. The maximum Gasteiger partial charge on any atom is 0.191 e. The average Bonchev–Trinajstić information content (AvgIpc) is 2.72. The molecule has 2 rings (SSSR count). The molecule has 0 radical (unpaired) electrons. The number of rotatable bonds is 10. The zero-order valence-corrected chi connectivity index (χ0v) is 20.0. The number of hydrogen-bond donors (Lipinski definition) is 2. The molecule has 0 fully saturated rings. The van der Waals surface area contributed by atoms with Crippen LogP contribution < -0.4 is 15.4 Å². The van der Waals surface area contributed by atoms with Gasteiger partial charge in [0.2, 0.25) is 0 Å². The Morgan fingerprint density at radius 1 is 1.03 bits per heavy atom. The molecule has 2 N–H and O–H groups in total. The number of benzene rings is 2. The van der Waals surface area contributed by atoms with Crippen molar-refractivity contribution in [3.05, 3.63) is 59.7 Å². The maximum atomic E-state index is 11.6. The van der Waals surface area contributed by atoms with Gasteiger partial charge in [-0.3, -0.25) is 4.99 Å². The van der Waals surface area contributed by atoms with Gasteiger partial charge in [-0.05, 0) is 61.6 Å². The first-order valence-electron chi connectivity index (χ1n) is 10.8. The third kappa shape index (κ3) is 8.61. The summed E-state index contributed by atoms with van der Waals surface area (Å²) in [6.07, 6.45) is 1.95. The van der Waals surface area contributed by atoms with Crippen LogP contribution in [0.2, 0.25) is 0 Å². The van der Waals surface area contributed by atoms with Crippen LogP contribution >= 0.6 is 0 Å². The topological polar surface area (TPSA) is 79.8 Å². The lowest BCUT2D eigenvalue weighted by Crippen LogP contribution is -2.38. The number of hydrogen-bond acceptors (Lipinski definition) is 4. The summed E-state index contributed by atoms with van der Waals surface area (Å²) < 4.78 is 28.9. The van der Waals surface area contributed by atoms with E-state index in [2.05, 4.69) is 48.5 Å². The van der Waals surface area contributed by atoms with E-state index in [0.29, 0.717) is 24.0 Å². The van der Waals surface area contributed by atoms with Crippen LogP contribution in [0.25, 0.3) is 0 Å². The van der Waals surface area contributed by atoms with E-state index in [4.69, 9.17) is 4.74 Å². The van der Waals surface area contributed by atoms with Crippen LogP contribution in [0.5, 0.6) is 5.75 Å². The van der Waals surface area contributed by atoms with Crippen molar-refractivity contribution in [2.45, 2.75) is 45.1 Å². The van der Waals surface area contributed by atoms with E-state index in [1.54, 1.807) is 12.1 Å². The second-order valence-electron chi connectivity index (χ2n) is 8.07. The molecular weight excluding hydrogens is 410 g/mol. The van der Waals surface area contributed by atoms with Gasteiger partial charge in [0, 0.05) is 19.3 Å². The van der Waals surface area contributed by atoms with Gasteiger partial charge in [0.05, 0.1) is 17.5 Å². The molecule has 31 heavy (non-hydrogen) atoms. The van der Waals surface area contributed by atoms with E-state index in [9.17, 15) is 8.42 Å². The number of ether oxygens (including phenoxy) is 1. The van der Waals surface area contributed by atoms with Gasteiger partial charge >= 0.3 is 0 Å². The summed E-state index contributed by atoms with van der Waals surface area (Å²) in [4.78, 5) is 5.00. The molecule has 170 valence electrons. The molecule has 0 aliphatic heterocycles. The fourth-order valence-electron chi connectivity index (χ4n) is 2.92. The van der Waals surface area contributed by atoms with Crippen LogP contribution in [0, 0.1) is 5.92 Å². The first-order chi connectivity index (χ1) is 14.7. The summed E-state index contributed by atoms with van der Waals surface area (Å²) in [6, 6.07) is 15.2. The van der Waals surface area contributed by atoms with E-state index in [1.807, 2.05) is 31.2 Å². The standard InChI is InChI=1S/C24H35N3O3S/c1-6-25-24(26-16-15-20-7-13-23(14-8-20)31(5,28)29)27-19(4)21-9-11-22(12-10-21)30-17-18(2)3/h7-14,18-19H,6,15-17H2,1-5H3,(H2,25,26,27).